The topological polar surface area (TPSA) is 11.4 Å². The van der Waals surface area contributed by atoms with Gasteiger partial charge in [-0.3, -0.25) is 0 Å². The Morgan fingerprint density at radius 1 is 0.314 bits per heavy atom. The number of anilines is 6. The zero-order valence-corrected chi connectivity index (χ0v) is 40.3. The van der Waals surface area contributed by atoms with Crippen molar-refractivity contribution in [2.75, 3.05) is 9.80 Å². The fraction of sp³-hybridized carbons (Fsp3) is 0.104. The Hall–Kier alpha value is -8.40. The second-order valence-electron chi connectivity index (χ2n) is 20.3. The molecule has 0 aliphatic heterocycles. The van der Waals surface area contributed by atoms with Crippen molar-refractivity contribution in [3.8, 4) is 39.1 Å². The van der Waals surface area contributed by atoms with Crippen LogP contribution in [0.2, 0.25) is 0 Å². The van der Waals surface area contributed by atoms with E-state index in [1.807, 2.05) is 0 Å². The van der Waals surface area contributed by atoms with Gasteiger partial charge in [0.15, 0.2) is 0 Å². The molecular weight excluding hydrogens is 847 g/mol. The van der Waals surface area contributed by atoms with E-state index in [1.165, 1.54) is 77.6 Å². The number of nitrogens with zero attached hydrogens (tertiary/aromatic N) is 3. The highest BCUT2D eigenvalue weighted by atomic mass is 15.2. The lowest BCUT2D eigenvalue weighted by molar-refractivity contribution is 0.660. The molecule has 2 aliphatic carbocycles. The average molecular weight is 900 g/mol. The van der Waals surface area contributed by atoms with Gasteiger partial charge in [0.05, 0.1) is 11.0 Å². The average Bonchev–Trinajstić information content (AvgIpc) is 3.94. The van der Waals surface area contributed by atoms with Crippen LogP contribution in [0.25, 0.3) is 60.9 Å². The molecule has 0 fully saturated rings. The maximum atomic E-state index is 2.47. The van der Waals surface area contributed by atoms with E-state index in [0.717, 1.165) is 45.3 Å². The quantitative estimate of drug-likeness (QED) is 0.151. The molecule has 0 amide bonds. The first-order valence-corrected chi connectivity index (χ1v) is 24.6. The van der Waals surface area contributed by atoms with Crippen molar-refractivity contribution < 1.29 is 0 Å². The van der Waals surface area contributed by atoms with Crippen molar-refractivity contribution in [2.45, 2.75) is 45.4 Å². The molecule has 0 saturated heterocycles. The summed E-state index contributed by atoms with van der Waals surface area (Å²) < 4.78 is 2.47. The zero-order chi connectivity index (χ0) is 47.3. The van der Waals surface area contributed by atoms with Crippen molar-refractivity contribution in [3.63, 3.8) is 0 Å². The highest BCUT2D eigenvalue weighted by Crippen LogP contribution is 2.53. The number of aryl methyl sites for hydroxylation is 1. The van der Waals surface area contributed by atoms with E-state index >= 15 is 0 Å². The first-order chi connectivity index (χ1) is 34.1. The number of benzene rings is 10. The summed E-state index contributed by atoms with van der Waals surface area (Å²) in [4.78, 5) is 4.85. The maximum absolute atomic E-state index is 2.47. The van der Waals surface area contributed by atoms with Crippen molar-refractivity contribution in [1.82, 2.24) is 4.57 Å². The normalized spacial score (nSPS) is 13.7. The van der Waals surface area contributed by atoms with Gasteiger partial charge >= 0.3 is 0 Å². The van der Waals surface area contributed by atoms with Gasteiger partial charge in [-0.25, -0.2) is 0 Å². The third kappa shape index (κ3) is 6.49. The van der Waals surface area contributed by atoms with Crippen LogP contribution in [0.3, 0.4) is 0 Å². The minimum atomic E-state index is -0.150. The minimum Gasteiger partial charge on any atom is -0.310 e. The Morgan fingerprint density at radius 3 is 1.44 bits per heavy atom. The molecule has 1 heterocycles. The molecule has 0 spiro atoms. The molecule has 2 aliphatic rings. The molecule has 0 unspecified atom stereocenters. The summed E-state index contributed by atoms with van der Waals surface area (Å²) in [6.07, 6.45) is 0. The smallest absolute Gasteiger partial charge is 0.0541 e. The lowest BCUT2D eigenvalue weighted by atomic mass is 9.82. The van der Waals surface area contributed by atoms with Crippen molar-refractivity contribution in [3.05, 3.63) is 258 Å². The van der Waals surface area contributed by atoms with E-state index in [2.05, 4.69) is 280 Å². The fourth-order valence-electron chi connectivity index (χ4n) is 11.9. The van der Waals surface area contributed by atoms with Crippen molar-refractivity contribution in [2.24, 2.45) is 0 Å². The molecule has 0 N–H and O–H groups in total. The van der Waals surface area contributed by atoms with Gasteiger partial charge in [0.2, 0.25) is 0 Å². The number of para-hydroxylation sites is 3. The van der Waals surface area contributed by atoms with Gasteiger partial charge in [-0.15, -0.1) is 0 Å². The van der Waals surface area contributed by atoms with Gasteiger partial charge < -0.3 is 14.4 Å². The standard InChI is InChI=1S/C67H53N3/c1-44-28-31-49(32-29-44)68(47-18-8-6-9-19-47)52-38-46(39-53(41-52)69(48-20-10-7-11-21-48)50-33-35-56-54-22-12-15-25-60(54)66(2,3)62(56)42-50)45-30-37-65-59(40-45)58-24-14-17-27-64(58)70(65)51-34-36-57-55-23-13-16-26-61(55)67(4,5)63(57)43-51/h6-43H,1-5H3. The van der Waals surface area contributed by atoms with E-state index in [1.54, 1.807) is 0 Å². The van der Waals surface area contributed by atoms with Crippen LogP contribution in [0, 0.1) is 6.92 Å². The first-order valence-electron chi connectivity index (χ1n) is 24.6. The summed E-state index contributed by atoms with van der Waals surface area (Å²) in [7, 11) is 0. The van der Waals surface area contributed by atoms with E-state index < -0.39 is 0 Å². The molecule has 10 aromatic carbocycles. The number of hydrogen-bond donors (Lipinski definition) is 0. The second-order valence-corrected chi connectivity index (χ2v) is 20.3. The molecule has 3 nitrogen and oxygen atoms in total. The SMILES string of the molecule is Cc1ccc(N(c2ccccc2)c2cc(-c3ccc4c(c3)c3ccccc3n4-c3ccc4c(c3)C(C)(C)c3ccccc3-4)cc(N(c3ccccc3)c3ccc4c(c3)C(C)(C)c3ccccc3-4)c2)cc1. The highest BCUT2D eigenvalue weighted by Gasteiger charge is 2.37. The van der Waals surface area contributed by atoms with Crippen LogP contribution in [0.15, 0.2) is 231 Å². The number of rotatable bonds is 8. The van der Waals surface area contributed by atoms with Gasteiger partial charge in [-0.05, 0) is 160 Å². The number of aromatic nitrogens is 1. The van der Waals surface area contributed by atoms with Gasteiger partial charge in [0.1, 0.15) is 0 Å². The summed E-state index contributed by atoms with van der Waals surface area (Å²) in [5.74, 6) is 0. The van der Waals surface area contributed by atoms with E-state index in [-0.39, 0.29) is 10.8 Å². The fourth-order valence-corrected chi connectivity index (χ4v) is 11.9. The van der Waals surface area contributed by atoms with Crippen molar-refractivity contribution in [1.29, 1.82) is 0 Å². The summed E-state index contributed by atoms with van der Waals surface area (Å²) in [6.45, 7) is 11.6. The van der Waals surface area contributed by atoms with Gasteiger partial charge in [-0.1, -0.05) is 167 Å². The van der Waals surface area contributed by atoms with Gasteiger partial charge in [-0.2, -0.15) is 0 Å². The zero-order valence-electron chi connectivity index (χ0n) is 40.3. The molecule has 13 rings (SSSR count). The van der Waals surface area contributed by atoms with Gasteiger partial charge in [0, 0.05) is 61.4 Å². The monoisotopic (exact) mass is 899 g/mol. The lowest BCUT2D eigenvalue weighted by Gasteiger charge is -2.31. The Kier molecular flexibility index (Phi) is 9.45. The molecule has 0 radical (unpaired) electrons. The third-order valence-electron chi connectivity index (χ3n) is 15.4. The third-order valence-corrected chi connectivity index (χ3v) is 15.4. The highest BCUT2D eigenvalue weighted by molar-refractivity contribution is 6.11. The Balaban J connectivity index is 1.03. The molecule has 0 bridgehead atoms. The first kappa shape index (κ1) is 41.8. The summed E-state index contributed by atoms with van der Waals surface area (Å²) >= 11 is 0. The van der Waals surface area contributed by atoms with Crippen LogP contribution < -0.4 is 9.80 Å². The molecule has 11 aromatic rings. The predicted octanol–water partition coefficient (Wildman–Crippen LogP) is 18.3. The Morgan fingerprint density at radius 2 is 0.800 bits per heavy atom. The number of fused-ring (bicyclic) bond motifs is 9. The molecule has 336 valence electrons. The summed E-state index contributed by atoms with van der Waals surface area (Å²) in [6, 6.07) is 85.6. The van der Waals surface area contributed by atoms with Crippen molar-refractivity contribution >= 4 is 55.9 Å². The Labute approximate surface area is 411 Å². The second kappa shape index (κ2) is 15.8. The number of hydrogen-bond acceptors (Lipinski definition) is 2. The molecular formula is C67H53N3. The largest absolute Gasteiger partial charge is 0.310 e. The van der Waals surface area contributed by atoms with Crippen LogP contribution in [0.5, 0.6) is 0 Å². The molecule has 0 saturated carbocycles. The minimum absolute atomic E-state index is 0.0998. The van der Waals surface area contributed by atoms with Crippen LogP contribution in [-0.2, 0) is 10.8 Å². The lowest BCUT2D eigenvalue weighted by Crippen LogP contribution is -2.17. The van der Waals surface area contributed by atoms with E-state index in [0.29, 0.717) is 0 Å². The summed E-state index contributed by atoms with van der Waals surface area (Å²) in [5.41, 5.74) is 24.2. The Bertz CT molecular complexity index is 3840. The van der Waals surface area contributed by atoms with Crippen LogP contribution in [0.1, 0.15) is 55.5 Å². The predicted molar refractivity (Wildman–Crippen MR) is 295 cm³/mol. The molecule has 70 heavy (non-hydrogen) atoms. The molecule has 1 aromatic heterocycles. The van der Waals surface area contributed by atoms with Gasteiger partial charge in [0.25, 0.3) is 0 Å². The molecule has 3 heteroatoms. The molecule has 0 atom stereocenters. The van der Waals surface area contributed by atoms with Crippen LogP contribution >= 0.6 is 0 Å². The van der Waals surface area contributed by atoms with Crippen LogP contribution in [-0.4, -0.2) is 4.57 Å². The van der Waals surface area contributed by atoms with E-state index in [4.69, 9.17) is 0 Å². The maximum Gasteiger partial charge on any atom is 0.0541 e. The van der Waals surface area contributed by atoms with Crippen LogP contribution in [0.4, 0.5) is 34.1 Å². The van der Waals surface area contributed by atoms with E-state index in [9.17, 15) is 0 Å². The summed E-state index contributed by atoms with van der Waals surface area (Å²) in [5, 5.41) is 2.46.